The van der Waals surface area contributed by atoms with Crippen molar-refractivity contribution in [1.82, 2.24) is 10.2 Å². The van der Waals surface area contributed by atoms with E-state index in [9.17, 15) is 4.79 Å². The SMILES string of the molecule is O=C(O)CSc1nnc(CCC2CCCC2)o1. The van der Waals surface area contributed by atoms with Gasteiger partial charge in [-0.05, 0) is 12.3 Å². The van der Waals surface area contributed by atoms with Gasteiger partial charge in [-0.1, -0.05) is 37.4 Å². The molecule has 1 fully saturated rings. The van der Waals surface area contributed by atoms with Crippen molar-refractivity contribution in [2.24, 2.45) is 5.92 Å². The number of aliphatic carboxylic acids is 1. The van der Waals surface area contributed by atoms with Gasteiger partial charge in [-0.25, -0.2) is 0 Å². The number of thioether (sulfide) groups is 1. The van der Waals surface area contributed by atoms with Crippen LogP contribution in [-0.4, -0.2) is 27.0 Å². The van der Waals surface area contributed by atoms with Gasteiger partial charge in [0.25, 0.3) is 5.22 Å². The van der Waals surface area contributed by atoms with Crippen LogP contribution in [0.1, 0.15) is 38.0 Å². The molecule has 0 atom stereocenters. The third-order valence-corrected chi connectivity index (χ3v) is 3.81. The van der Waals surface area contributed by atoms with E-state index in [1.807, 2.05) is 0 Å². The summed E-state index contributed by atoms with van der Waals surface area (Å²) >= 11 is 1.07. The summed E-state index contributed by atoms with van der Waals surface area (Å²) in [5.41, 5.74) is 0. The fourth-order valence-corrected chi connectivity index (χ4v) is 2.65. The fourth-order valence-electron chi connectivity index (χ4n) is 2.15. The Balaban J connectivity index is 1.75. The smallest absolute Gasteiger partial charge is 0.314 e. The molecule has 0 aromatic carbocycles. The highest BCUT2D eigenvalue weighted by molar-refractivity contribution is 7.99. The average molecular weight is 256 g/mol. The van der Waals surface area contributed by atoms with Crippen molar-refractivity contribution in [3.8, 4) is 0 Å². The first-order valence-electron chi connectivity index (χ1n) is 5.91. The van der Waals surface area contributed by atoms with E-state index in [4.69, 9.17) is 9.52 Å². The van der Waals surface area contributed by atoms with Gasteiger partial charge in [0.2, 0.25) is 5.89 Å². The van der Waals surface area contributed by atoms with Gasteiger partial charge in [0, 0.05) is 6.42 Å². The molecule has 1 aliphatic rings. The molecule has 0 unspecified atom stereocenters. The zero-order valence-corrected chi connectivity index (χ0v) is 10.4. The van der Waals surface area contributed by atoms with E-state index in [1.165, 1.54) is 25.7 Å². The van der Waals surface area contributed by atoms with Crippen molar-refractivity contribution in [3.63, 3.8) is 0 Å². The Morgan fingerprint density at radius 1 is 1.41 bits per heavy atom. The maximum atomic E-state index is 10.4. The van der Waals surface area contributed by atoms with Crippen LogP contribution in [0.4, 0.5) is 0 Å². The van der Waals surface area contributed by atoms with Gasteiger partial charge in [-0.3, -0.25) is 4.79 Å². The third-order valence-electron chi connectivity index (χ3n) is 3.01. The van der Waals surface area contributed by atoms with Gasteiger partial charge >= 0.3 is 5.97 Å². The summed E-state index contributed by atoms with van der Waals surface area (Å²) in [7, 11) is 0. The molecule has 1 aliphatic carbocycles. The average Bonchev–Trinajstić information content (AvgIpc) is 2.95. The molecule has 5 nitrogen and oxygen atoms in total. The summed E-state index contributed by atoms with van der Waals surface area (Å²) in [5.74, 6) is 0.520. The lowest BCUT2D eigenvalue weighted by Crippen LogP contribution is -1.97. The lowest BCUT2D eigenvalue weighted by Gasteiger charge is -2.04. The minimum Gasteiger partial charge on any atom is -0.481 e. The minimum atomic E-state index is -0.874. The quantitative estimate of drug-likeness (QED) is 0.787. The predicted octanol–water partition coefficient (Wildman–Crippen LogP) is 2.37. The van der Waals surface area contributed by atoms with E-state index >= 15 is 0 Å². The van der Waals surface area contributed by atoms with E-state index in [-0.39, 0.29) is 5.75 Å². The largest absolute Gasteiger partial charge is 0.481 e. The molecular weight excluding hydrogens is 240 g/mol. The van der Waals surface area contributed by atoms with E-state index in [1.54, 1.807) is 0 Å². The summed E-state index contributed by atoms with van der Waals surface area (Å²) in [6.45, 7) is 0. The molecule has 0 saturated heterocycles. The molecule has 1 aromatic heterocycles. The molecular formula is C11H16N2O3S. The molecule has 1 N–H and O–H groups in total. The van der Waals surface area contributed by atoms with Gasteiger partial charge in [0.1, 0.15) is 5.75 Å². The molecule has 1 heterocycles. The number of aryl methyl sites for hydroxylation is 1. The van der Waals surface area contributed by atoms with Gasteiger partial charge in [-0.2, -0.15) is 0 Å². The first-order valence-corrected chi connectivity index (χ1v) is 6.89. The summed E-state index contributed by atoms with van der Waals surface area (Å²) in [4.78, 5) is 10.4. The minimum absolute atomic E-state index is 0.0374. The highest BCUT2D eigenvalue weighted by Crippen LogP contribution is 2.28. The Bertz CT molecular complexity index is 375. The summed E-state index contributed by atoms with van der Waals surface area (Å²) in [6, 6.07) is 0. The number of hydrogen-bond acceptors (Lipinski definition) is 5. The van der Waals surface area contributed by atoms with Crippen molar-refractivity contribution in [1.29, 1.82) is 0 Å². The van der Waals surface area contributed by atoms with Crippen LogP contribution in [0.3, 0.4) is 0 Å². The number of carboxylic acid groups (broad SMARTS) is 1. The molecule has 1 saturated carbocycles. The topological polar surface area (TPSA) is 76.2 Å². The van der Waals surface area contributed by atoms with Crippen LogP contribution in [0.2, 0.25) is 0 Å². The first kappa shape index (κ1) is 12.4. The Morgan fingerprint density at radius 3 is 2.88 bits per heavy atom. The molecule has 94 valence electrons. The van der Waals surface area contributed by atoms with Crippen LogP contribution in [0, 0.1) is 5.92 Å². The van der Waals surface area contributed by atoms with Crippen LogP contribution in [0.15, 0.2) is 9.64 Å². The second-order valence-electron chi connectivity index (χ2n) is 4.33. The van der Waals surface area contributed by atoms with Gasteiger partial charge in [-0.15, -0.1) is 10.2 Å². The first-order chi connectivity index (χ1) is 8.24. The van der Waals surface area contributed by atoms with Crippen LogP contribution in [-0.2, 0) is 11.2 Å². The van der Waals surface area contributed by atoms with Crippen molar-refractivity contribution < 1.29 is 14.3 Å². The zero-order chi connectivity index (χ0) is 12.1. The summed E-state index contributed by atoms with van der Waals surface area (Å²) in [5, 5.41) is 16.6. The van der Waals surface area contributed by atoms with Crippen LogP contribution in [0.5, 0.6) is 0 Å². The highest BCUT2D eigenvalue weighted by atomic mass is 32.2. The number of carboxylic acids is 1. The Morgan fingerprint density at radius 2 is 2.18 bits per heavy atom. The van der Waals surface area contributed by atoms with Gasteiger partial charge in [0.15, 0.2) is 0 Å². The van der Waals surface area contributed by atoms with E-state index < -0.39 is 5.97 Å². The maximum Gasteiger partial charge on any atom is 0.314 e. The molecule has 0 radical (unpaired) electrons. The van der Waals surface area contributed by atoms with Crippen LogP contribution in [0.25, 0.3) is 0 Å². The Labute approximate surface area is 104 Å². The molecule has 0 spiro atoms. The van der Waals surface area contributed by atoms with Crippen molar-refractivity contribution in [2.75, 3.05) is 5.75 Å². The van der Waals surface area contributed by atoms with E-state index in [0.29, 0.717) is 11.1 Å². The predicted molar refractivity (Wildman–Crippen MR) is 62.9 cm³/mol. The monoisotopic (exact) mass is 256 g/mol. The molecule has 0 bridgehead atoms. The second kappa shape index (κ2) is 6.05. The standard InChI is InChI=1S/C11H16N2O3S/c14-10(15)7-17-11-13-12-9(16-11)6-5-8-3-1-2-4-8/h8H,1-7H2,(H,14,15). The van der Waals surface area contributed by atoms with E-state index in [2.05, 4.69) is 10.2 Å². The Kier molecular flexibility index (Phi) is 4.42. The maximum absolute atomic E-state index is 10.4. The zero-order valence-electron chi connectivity index (χ0n) is 9.59. The fraction of sp³-hybridized carbons (Fsp3) is 0.727. The van der Waals surface area contributed by atoms with Crippen molar-refractivity contribution >= 4 is 17.7 Å². The third kappa shape index (κ3) is 4.03. The number of nitrogens with zero attached hydrogens (tertiary/aromatic N) is 2. The number of carbonyl (C=O) groups is 1. The summed E-state index contributed by atoms with van der Waals surface area (Å²) in [6.07, 6.45) is 7.22. The molecule has 2 rings (SSSR count). The van der Waals surface area contributed by atoms with Crippen molar-refractivity contribution in [3.05, 3.63) is 5.89 Å². The lowest BCUT2D eigenvalue weighted by molar-refractivity contribution is -0.133. The van der Waals surface area contributed by atoms with Crippen LogP contribution >= 0.6 is 11.8 Å². The second-order valence-corrected chi connectivity index (χ2v) is 5.26. The van der Waals surface area contributed by atoms with E-state index in [0.717, 1.165) is 30.5 Å². The molecule has 0 amide bonds. The Hall–Kier alpha value is -1.04. The lowest BCUT2D eigenvalue weighted by atomic mass is 10.0. The molecule has 17 heavy (non-hydrogen) atoms. The molecule has 6 heteroatoms. The number of aromatic nitrogens is 2. The molecule has 0 aliphatic heterocycles. The molecule has 1 aromatic rings. The van der Waals surface area contributed by atoms with Gasteiger partial charge < -0.3 is 9.52 Å². The summed E-state index contributed by atoms with van der Waals surface area (Å²) < 4.78 is 5.37. The highest BCUT2D eigenvalue weighted by Gasteiger charge is 2.16. The van der Waals surface area contributed by atoms with Gasteiger partial charge in [0.05, 0.1) is 0 Å². The van der Waals surface area contributed by atoms with Crippen LogP contribution < -0.4 is 0 Å². The number of rotatable bonds is 6. The normalized spacial score (nSPS) is 16.5. The number of hydrogen-bond donors (Lipinski definition) is 1. The van der Waals surface area contributed by atoms with Crippen molar-refractivity contribution in [2.45, 2.75) is 43.7 Å².